The van der Waals surface area contributed by atoms with Crippen LogP contribution in [-0.2, 0) is 11.3 Å². The molecule has 4 rings (SSSR count). The van der Waals surface area contributed by atoms with Crippen LogP contribution in [0.1, 0.15) is 40.9 Å². The Labute approximate surface area is 230 Å². The average Bonchev–Trinajstić information content (AvgIpc) is 2.89. The molecule has 0 saturated carbocycles. The number of anilines is 1. The summed E-state index contributed by atoms with van der Waals surface area (Å²) >= 11 is 12.8. The lowest BCUT2D eigenvalue weighted by Crippen LogP contribution is -2.04. The van der Waals surface area contributed by atoms with Gasteiger partial charge in [-0.3, -0.25) is 14.6 Å². The van der Waals surface area contributed by atoms with Crippen molar-refractivity contribution in [3.05, 3.63) is 106 Å². The van der Waals surface area contributed by atoms with E-state index in [0.29, 0.717) is 27.8 Å². The van der Waals surface area contributed by atoms with Gasteiger partial charge in [-0.2, -0.15) is 0 Å². The Morgan fingerprint density at radius 1 is 0.921 bits per heavy atom. The molecule has 2 N–H and O–H groups in total. The quantitative estimate of drug-likeness (QED) is 0.194. The number of carbonyl (C=O) groups excluding carboxylic acids is 1. The second-order valence-corrected chi connectivity index (χ2v) is 9.76. The molecule has 3 aromatic carbocycles. The number of Topliss-reactive ketones (excluding diaryl/α,β-unsaturated/α-hetero) is 1. The van der Waals surface area contributed by atoms with E-state index in [4.69, 9.17) is 28.3 Å². The maximum Gasteiger partial charge on any atom is 0.303 e. The van der Waals surface area contributed by atoms with E-state index in [1.807, 2.05) is 42.5 Å². The topological polar surface area (TPSA) is 79.3 Å². The van der Waals surface area contributed by atoms with Gasteiger partial charge in [-0.05, 0) is 78.1 Å². The summed E-state index contributed by atoms with van der Waals surface area (Å²) in [5.74, 6) is -1.37. The number of hydrogen-bond donors (Lipinski definition) is 2. The first-order valence-corrected chi connectivity index (χ1v) is 12.8. The van der Waals surface area contributed by atoms with Gasteiger partial charge in [0.15, 0.2) is 5.78 Å². The third-order valence-electron chi connectivity index (χ3n) is 6.15. The minimum atomic E-state index is -0.927. The number of benzene rings is 3. The lowest BCUT2D eigenvalue weighted by atomic mass is 10.00. The van der Waals surface area contributed by atoms with Crippen molar-refractivity contribution in [3.63, 3.8) is 0 Å². The summed E-state index contributed by atoms with van der Waals surface area (Å²) in [6.45, 7) is 2.20. The number of rotatable bonds is 10. The number of hydrogen-bond acceptors (Lipinski definition) is 4. The molecular formula is C30H25Cl2FN2O3. The molecule has 0 aliphatic rings. The van der Waals surface area contributed by atoms with E-state index in [1.165, 1.54) is 6.07 Å². The van der Waals surface area contributed by atoms with Crippen LogP contribution in [0.2, 0.25) is 10.0 Å². The number of aryl methyl sites for hydroxylation is 1. The number of carboxylic acid groups (broad SMARTS) is 1. The molecule has 8 heteroatoms. The van der Waals surface area contributed by atoms with Crippen molar-refractivity contribution in [3.8, 4) is 22.3 Å². The standard InChI is InChI=1S/C30H25Cl2FN2O3/c1-18-13-19(6-11-27(18)33)24-10-9-23(15-26(24)32)34-16-20-5-8-22(31)14-25(20)21-7-12-28(35-17-21)29(36)3-2-4-30(37)38/h5-15,17,34H,2-4,16H2,1H3,(H,37,38). The van der Waals surface area contributed by atoms with Gasteiger partial charge in [0.1, 0.15) is 11.5 Å². The van der Waals surface area contributed by atoms with Crippen molar-refractivity contribution in [1.82, 2.24) is 4.98 Å². The SMILES string of the molecule is Cc1cc(-c2ccc(NCc3ccc(Cl)cc3-c3ccc(C(=O)CCCC(=O)O)nc3)cc2Cl)ccc1F. The van der Waals surface area contributed by atoms with Crippen molar-refractivity contribution in [2.24, 2.45) is 0 Å². The highest BCUT2D eigenvalue weighted by molar-refractivity contribution is 6.33. The van der Waals surface area contributed by atoms with Crippen LogP contribution in [0.3, 0.4) is 0 Å². The van der Waals surface area contributed by atoms with Crippen LogP contribution >= 0.6 is 23.2 Å². The van der Waals surface area contributed by atoms with E-state index in [9.17, 15) is 14.0 Å². The maximum atomic E-state index is 13.7. The molecular weight excluding hydrogens is 526 g/mol. The number of carboxylic acids is 1. The van der Waals surface area contributed by atoms with Crippen molar-refractivity contribution < 1.29 is 19.1 Å². The number of carbonyl (C=O) groups is 2. The van der Waals surface area contributed by atoms with Crippen LogP contribution in [-0.4, -0.2) is 21.8 Å². The zero-order valence-corrected chi connectivity index (χ0v) is 22.1. The second-order valence-electron chi connectivity index (χ2n) is 8.92. The van der Waals surface area contributed by atoms with E-state index in [-0.39, 0.29) is 30.9 Å². The third kappa shape index (κ3) is 6.77. The molecule has 1 heterocycles. The molecule has 0 atom stereocenters. The Morgan fingerprint density at radius 3 is 2.39 bits per heavy atom. The van der Waals surface area contributed by atoms with Gasteiger partial charge in [0.05, 0.1) is 5.02 Å². The first-order chi connectivity index (χ1) is 18.2. The molecule has 0 amide bonds. The highest BCUT2D eigenvalue weighted by atomic mass is 35.5. The van der Waals surface area contributed by atoms with Gasteiger partial charge in [-0.25, -0.2) is 4.39 Å². The second kappa shape index (κ2) is 12.2. The van der Waals surface area contributed by atoms with Crippen LogP contribution in [0.4, 0.5) is 10.1 Å². The Kier molecular flexibility index (Phi) is 8.77. The summed E-state index contributed by atoms with van der Waals surface area (Å²) in [4.78, 5) is 27.3. The third-order valence-corrected chi connectivity index (χ3v) is 6.70. The van der Waals surface area contributed by atoms with Crippen molar-refractivity contribution >= 4 is 40.6 Å². The molecule has 0 saturated heterocycles. The summed E-state index contributed by atoms with van der Waals surface area (Å²) in [7, 11) is 0. The molecule has 4 aromatic rings. The number of ketones is 1. The lowest BCUT2D eigenvalue weighted by molar-refractivity contribution is -0.137. The smallest absolute Gasteiger partial charge is 0.303 e. The number of nitrogens with zero attached hydrogens (tertiary/aromatic N) is 1. The molecule has 0 aliphatic heterocycles. The number of aliphatic carboxylic acids is 1. The normalized spacial score (nSPS) is 10.8. The molecule has 0 fully saturated rings. The van der Waals surface area contributed by atoms with Crippen LogP contribution in [0, 0.1) is 12.7 Å². The molecule has 0 aliphatic carbocycles. The Balaban J connectivity index is 1.49. The lowest BCUT2D eigenvalue weighted by Gasteiger charge is -2.14. The highest BCUT2D eigenvalue weighted by Crippen LogP contribution is 2.32. The van der Waals surface area contributed by atoms with Gasteiger partial charge < -0.3 is 10.4 Å². The van der Waals surface area contributed by atoms with Gasteiger partial charge in [0.2, 0.25) is 0 Å². The van der Waals surface area contributed by atoms with Gasteiger partial charge in [-0.15, -0.1) is 0 Å². The van der Waals surface area contributed by atoms with Crippen LogP contribution < -0.4 is 5.32 Å². The molecule has 0 radical (unpaired) electrons. The predicted octanol–water partition coefficient (Wildman–Crippen LogP) is 8.22. The maximum absolute atomic E-state index is 13.7. The summed E-state index contributed by atoms with van der Waals surface area (Å²) in [6, 6.07) is 19.6. The summed E-state index contributed by atoms with van der Waals surface area (Å²) < 4.78 is 13.7. The van der Waals surface area contributed by atoms with E-state index < -0.39 is 5.97 Å². The molecule has 5 nitrogen and oxygen atoms in total. The number of aromatic nitrogens is 1. The predicted molar refractivity (Wildman–Crippen MR) is 149 cm³/mol. The molecule has 0 bridgehead atoms. The van der Waals surface area contributed by atoms with Crippen molar-refractivity contribution in [1.29, 1.82) is 0 Å². The first-order valence-electron chi connectivity index (χ1n) is 12.0. The largest absolute Gasteiger partial charge is 0.481 e. The summed E-state index contributed by atoms with van der Waals surface area (Å²) in [5.41, 5.74) is 5.96. The van der Waals surface area contributed by atoms with Gasteiger partial charge in [0.25, 0.3) is 0 Å². The van der Waals surface area contributed by atoms with E-state index in [0.717, 1.165) is 33.5 Å². The minimum Gasteiger partial charge on any atom is -0.481 e. The summed E-state index contributed by atoms with van der Waals surface area (Å²) in [6.07, 6.45) is 1.97. The molecule has 1 aromatic heterocycles. The Morgan fingerprint density at radius 2 is 1.71 bits per heavy atom. The van der Waals surface area contributed by atoms with Gasteiger partial charge in [0, 0.05) is 47.4 Å². The minimum absolute atomic E-state index is 0.0530. The fourth-order valence-corrected chi connectivity index (χ4v) is 4.55. The monoisotopic (exact) mass is 550 g/mol. The van der Waals surface area contributed by atoms with Crippen LogP contribution in [0.25, 0.3) is 22.3 Å². The zero-order chi connectivity index (χ0) is 27.2. The molecule has 0 unspecified atom stereocenters. The molecule has 38 heavy (non-hydrogen) atoms. The van der Waals surface area contributed by atoms with Gasteiger partial charge in [-0.1, -0.05) is 47.5 Å². The number of halogens is 3. The van der Waals surface area contributed by atoms with E-state index in [2.05, 4.69) is 10.3 Å². The van der Waals surface area contributed by atoms with E-state index >= 15 is 0 Å². The van der Waals surface area contributed by atoms with Crippen molar-refractivity contribution in [2.75, 3.05) is 5.32 Å². The summed E-state index contributed by atoms with van der Waals surface area (Å²) in [5, 5.41) is 13.3. The van der Waals surface area contributed by atoms with Crippen LogP contribution in [0.15, 0.2) is 72.9 Å². The first kappa shape index (κ1) is 27.3. The average molecular weight is 551 g/mol. The Bertz CT molecular complexity index is 1490. The van der Waals surface area contributed by atoms with Crippen molar-refractivity contribution in [2.45, 2.75) is 32.7 Å². The highest BCUT2D eigenvalue weighted by Gasteiger charge is 2.12. The number of nitrogens with one attached hydrogen (secondary N) is 1. The van der Waals surface area contributed by atoms with Crippen LogP contribution in [0.5, 0.6) is 0 Å². The van der Waals surface area contributed by atoms with Gasteiger partial charge >= 0.3 is 5.97 Å². The zero-order valence-electron chi connectivity index (χ0n) is 20.6. The molecule has 0 spiro atoms. The fraction of sp³-hybridized carbons (Fsp3) is 0.167. The molecule has 194 valence electrons. The fourth-order valence-electron chi connectivity index (χ4n) is 4.09. The van der Waals surface area contributed by atoms with E-state index in [1.54, 1.807) is 31.3 Å². The number of pyridine rings is 1. The Hall–Kier alpha value is -3.74.